The number of benzene rings is 3. The summed E-state index contributed by atoms with van der Waals surface area (Å²) in [6.45, 7) is 8.34. The molecule has 51 heavy (non-hydrogen) atoms. The smallest absolute Gasteiger partial charge is 0.200 e. The van der Waals surface area contributed by atoms with E-state index in [0.29, 0.717) is 28.0 Å². The quantitative estimate of drug-likeness (QED) is 0.0967. The van der Waals surface area contributed by atoms with Crippen LogP contribution in [0.3, 0.4) is 0 Å². The molecule has 0 aliphatic carbocycles. The Labute approximate surface area is 289 Å². The monoisotopic (exact) mass is 686 g/mol. The normalized spacial score (nSPS) is 12.3. The van der Waals surface area contributed by atoms with Gasteiger partial charge in [0.25, 0.3) is 0 Å². The van der Waals surface area contributed by atoms with Gasteiger partial charge in [0.15, 0.2) is 23.3 Å². The summed E-state index contributed by atoms with van der Waals surface area (Å²) in [4.78, 5) is 15.0. The average Bonchev–Trinajstić information content (AvgIpc) is 3.94. The maximum atomic E-state index is 15.7. The predicted molar refractivity (Wildman–Crippen MR) is 195 cm³/mol. The number of aromatic amines is 3. The first-order chi connectivity index (χ1) is 24.4. The molecule has 4 nitrogen and oxygen atoms in total. The number of fused-ring (bicyclic) bond motifs is 9. The summed E-state index contributed by atoms with van der Waals surface area (Å²) in [5.41, 5.74) is 8.00. The van der Waals surface area contributed by atoms with Crippen LogP contribution in [0.2, 0.25) is 0 Å². The average molecular weight is 687 g/mol. The van der Waals surface area contributed by atoms with Crippen molar-refractivity contribution in [2.75, 3.05) is 0 Å². The number of hydrogen-bond donors (Lipinski definition) is 3. The lowest BCUT2D eigenvalue weighted by atomic mass is 9.86. The van der Waals surface area contributed by atoms with Crippen LogP contribution in [-0.2, 0) is 5.41 Å². The van der Waals surface area contributed by atoms with Crippen LogP contribution in [0, 0.1) is 36.0 Å². The molecule has 3 N–H and O–H groups in total. The first kappa shape index (κ1) is 32.3. The number of aromatic nitrogens is 4. The number of hydrogen-bond acceptors (Lipinski definition) is 1. The summed E-state index contributed by atoms with van der Waals surface area (Å²) < 4.78 is 75.4. The topological polar surface area (TPSA) is 60.3 Å². The number of nitrogens with zero attached hydrogens (tertiary/aromatic N) is 1. The highest BCUT2D eigenvalue weighted by Gasteiger charge is 2.29. The Hall–Kier alpha value is -5.96. The van der Waals surface area contributed by atoms with E-state index in [1.165, 1.54) is 0 Å². The molecule has 0 radical (unpaired) electrons. The van der Waals surface area contributed by atoms with E-state index in [0.717, 1.165) is 38.9 Å². The van der Waals surface area contributed by atoms with Crippen molar-refractivity contribution >= 4 is 45.3 Å². The summed E-state index contributed by atoms with van der Waals surface area (Å²) in [6, 6.07) is 26.3. The molecule has 0 saturated carbocycles. The van der Waals surface area contributed by atoms with E-state index >= 15 is 8.78 Å². The molecule has 8 rings (SSSR count). The van der Waals surface area contributed by atoms with Crippen LogP contribution in [0.1, 0.15) is 43.3 Å². The second-order valence-corrected chi connectivity index (χ2v) is 13.8. The highest BCUT2D eigenvalue weighted by Crippen LogP contribution is 2.39. The molecular weight excluding hydrogens is 655 g/mol. The van der Waals surface area contributed by atoms with E-state index in [2.05, 4.69) is 35.7 Å². The Kier molecular flexibility index (Phi) is 7.48. The third kappa shape index (κ3) is 5.40. The molecule has 1 aliphatic rings. The Balaban J connectivity index is 1.56. The van der Waals surface area contributed by atoms with Crippen molar-refractivity contribution in [3.63, 3.8) is 0 Å². The van der Waals surface area contributed by atoms with Gasteiger partial charge in [0.1, 0.15) is 0 Å². The lowest BCUT2D eigenvalue weighted by molar-refractivity contribution is 0.381. The summed E-state index contributed by atoms with van der Waals surface area (Å²) in [6.07, 6.45) is 3.81. The van der Waals surface area contributed by atoms with Gasteiger partial charge in [-0.25, -0.2) is 26.9 Å². The van der Waals surface area contributed by atoms with E-state index in [-0.39, 0.29) is 22.0 Å². The van der Waals surface area contributed by atoms with Gasteiger partial charge in [-0.05, 0) is 77.6 Å². The van der Waals surface area contributed by atoms with Gasteiger partial charge in [-0.15, -0.1) is 0 Å². The zero-order valence-corrected chi connectivity index (χ0v) is 28.1. The molecule has 9 heteroatoms. The number of halogens is 5. The molecule has 254 valence electrons. The second-order valence-electron chi connectivity index (χ2n) is 13.8. The first-order valence-electron chi connectivity index (χ1n) is 16.4. The van der Waals surface area contributed by atoms with Crippen LogP contribution in [0.15, 0.2) is 84.9 Å². The molecular formula is C42H31F5N4. The van der Waals surface area contributed by atoms with Crippen LogP contribution in [-0.4, -0.2) is 19.9 Å². The predicted octanol–water partition coefficient (Wildman–Crippen LogP) is 12.0. The zero-order chi connectivity index (χ0) is 35.8. The Bertz CT molecular complexity index is 2640. The second kappa shape index (κ2) is 11.8. The van der Waals surface area contributed by atoms with E-state index < -0.39 is 34.6 Å². The molecule has 0 atom stereocenters. The molecule has 4 aromatic heterocycles. The van der Waals surface area contributed by atoms with E-state index in [1.54, 1.807) is 24.3 Å². The number of aryl methyl sites for hydroxylation is 1. The van der Waals surface area contributed by atoms with Crippen LogP contribution >= 0.6 is 0 Å². The van der Waals surface area contributed by atoms with Crippen molar-refractivity contribution in [2.45, 2.75) is 33.1 Å². The van der Waals surface area contributed by atoms with Gasteiger partial charge in [-0.2, -0.15) is 0 Å². The van der Waals surface area contributed by atoms with Gasteiger partial charge >= 0.3 is 0 Å². The zero-order valence-electron chi connectivity index (χ0n) is 28.1. The minimum atomic E-state index is -2.23. The molecule has 0 amide bonds. The van der Waals surface area contributed by atoms with Crippen molar-refractivity contribution in [3.8, 4) is 33.4 Å². The molecule has 0 unspecified atom stereocenters. The maximum absolute atomic E-state index is 15.7. The van der Waals surface area contributed by atoms with Crippen molar-refractivity contribution in [2.24, 2.45) is 0 Å². The fourth-order valence-electron chi connectivity index (χ4n) is 6.71. The highest BCUT2D eigenvalue weighted by atomic mass is 19.2. The van der Waals surface area contributed by atoms with Crippen molar-refractivity contribution in [1.29, 1.82) is 0 Å². The third-order valence-corrected chi connectivity index (χ3v) is 9.42. The van der Waals surface area contributed by atoms with Gasteiger partial charge in [-0.1, -0.05) is 74.9 Å². The lowest BCUT2D eigenvalue weighted by Crippen LogP contribution is -2.10. The Morgan fingerprint density at radius 1 is 0.431 bits per heavy atom. The molecule has 8 bridgehead atoms. The fourth-order valence-corrected chi connectivity index (χ4v) is 6.71. The summed E-state index contributed by atoms with van der Waals surface area (Å²) in [7, 11) is 0. The SMILES string of the molecule is Cc1ccc(-c2c3ccc([nH]3)c3nc(c(-c4ccc(C(C)(C)C)cc4)c4ccc([nH]4)c(-c4c(F)c(F)c(F)c(F)c4F)c4ccc2[nH]4)C=C3)cc1. The molecule has 1 aliphatic heterocycles. The largest absolute Gasteiger partial charge is 0.354 e. The van der Waals surface area contributed by atoms with E-state index in [4.69, 9.17) is 4.98 Å². The van der Waals surface area contributed by atoms with Crippen LogP contribution < -0.4 is 0 Å². The molecule has 3 aromatic carbocycles. The molecule has 0 saturated heterocycles. The van der Waals surface area contributed by atoms with Gasteiger partial charge in [0.05, 0.1) is 22.5 Å². The van der Waals surface area contributed by atoms with Crippen LogP contribution in [0.4, 0.5) is 22.0 Å². The molecule has 0 spiro atoms. The van der Waals surface area contributed by atoms with Crippen molar-refractivity contribution in [1.82, 2.24) is 19.9 Å². The van der Waals surface area contributed by atoms with E-state index in [9.17, 15) is 13.2 Å². The van der Waals surface area contributed by atoms with Crippen molar-refractivity contribution in [3.05, 3.63) is 137 Å². The minimum Gasteiger partial charge on any atom is -0.354 e. The van der Waals surface area contributed by atoms with Crippen LogP contribution in [0.25, 0.3) is 78.6 Å². The maximum Gasteiger partial charge on any atom is 0.200 e. The Morgan fingerprint density at radius 2 is 0.843 bits per heavy atom. The summed E-state index contributed by atoms with van der Waals surface area (Å²) in [5.74, 6) is -10.2. The first-order valence-corrected chi connectivity index (χ1v) is 16.4. The summed E-state index contributed by atoms with van der Waals surface area (Å²) in [5, 5.41) is 0. The molecule has 5 heterocycles. The molecule has 0 fully saturated rings. The Morgan fingerprint density at radius 3 is 1.39 bits per heavy atom. The van der Waals surface area contributed by atoms with Gasteiger partial charge < -0.3 is 15.0 Å². The van der Waals surface area contributed by atoms with Gasteiger partial charge in [0, 0.05) is 44.3 Å². The van der Waals surface area contributed by atoms with E-state index in [1.807, 2.05) is 79.7 Å². The number of rotatable bonds is 3. The molecule has 7 aromatic rings. The number of nitrogens with one attached hydrogen (secondary N) is 3. The standard InChI is InChI=1S/C42H31F5N4/c1-21-5-7-22(8-6-21)33-27-15-13-25(48-27)26-14-16-28(49-26)34(23-9-11-24(12-10-23)42(2,3)4)30-18-20-32(51-30)35(31-19-17-29(33)50-31)36-37(43)39(45)41(47)40(46)38(36)44/h5-20,48,50-51H,1-4H3. The van der Waals surface area contributed by atoms with Crippen molar-refractivity contribution < 1.29 is 22.0 Å². The van der Waals surface area contributed by atoms with Gasteiger partial charge in [-0.3, -0.25) is 0 Å². The highest BCUT2D eigenvalue weighted by molar-refractivity contribution is 6.00. The third-order valence-electron chi connectivity index (χ3n) is 9.42. The fraction of sp³-hybridized carbons (Fsp3) is 0.119. The van der Waals surface area contributed by atoms with Crippen LogP contribution in [0.5, 0.6) is 0 Å². The lowest BCUT2D eigenvalue weighted by Gasteiger charge is -2.19. The minimum absolute atomic E-state index is 0.0946. The summed E-state index contributed by atoms with van der Waals surface area (Å²) >= 11 is 0. The number of H-pyrrole nitrogens is 3. The van der Waals surface area contributed by atoms with Gasteiger partial charge in [0.2, 0.25) is 5.82 Å².